The second-order valence-electron chi connectivity index (χ2n) is 6.39. The van der Waals surface area contributed by atoms with E-state index < -0.39 is 0 Å². The fourth-order valence-corrected chi connectivity index (χ4v) is 3.91. The van der Waals surface area contributed by atoms with Crippen molar-refractivity contribution in [3.05, 3.63) is 58.1 Å². The third-order valence-corrected chi connectivity index (χ3v) is 5.48. The number of halogens is 1. The summed E-state index contributed by atoms with van der Waals surface area (Å²) in [6.45, 7) is 9.02. The third-order valence-electron chi connectivity index (χ3n) is 3.86. The summed E-state index contributed by atoms with van der Waals surface area (Å²) >= 11 is 6.20. The van der Waals surface area contributed by atoms with Gasteiger partial charge in [0, 0.05) is 5.56 Å². The van der Waals surface area contributed by atoms with E-state index in [4.69, 9.17) is 16.3 Å². The van der Waals surface area contributed by atoms with Crippen LogP contribution in [0.3, 0.4) is 0 Å². The molecule has 2 rings (SSSR count). The van der Waals surface area contributed by atoms with Gasteiger partial charge < -0.3 is 4.74 Å². The van der Waals surface area contributed by atoms with Gasteiger partial charge in [0.05, 0.1) is 11.6 Å². The molecule has 0 aliphatic rings. The molecule has 0 radical (unpaired) electrons. The minimum absolute atomic E-state index is 0. The first-order chi connectivity index (χ1) is 11.4. The fraction of sp³-hybridized carbons (Fsp3) is 0.350. The van der Waals surface area contributed by atoms with Crippen LogP contribution in [0, 0.1) is 19.8 Å². The number of benzene rings is 2. The average molecular weight is 371 g/mol. The molecule has 0 aromatic heterocycles. The van der Waals surface area contributed by atoms with Crippen LogP contribution in [0.4, 0.5) is 0 Å². The number of carbonyl (C=O) groups excluding carboxylic acids is 1. The van der Waals surface area contributed by atoms with E-state index in [1.807, 2.05) is 44.2 Å². The zero-order valence-corrected chi connectivity index (χ0v) is 16.4. The van der Waals surface area contributed by atoms with Gasteiger partial charge >= 0.3 is 18.9 Å². The standard InChI is InChI=1S/C20H24ClO2P.Li.H/c1-13(2)10-11-23-16-8-9-18(15(4)12-16)24-20(22)19-14(3)6-5-7-17(19)21;;/h5-9,12-13,24H,10-11H2,1-4H3;;. The monoisotopic (exact) mass is 370 g/mol. The third kappa shape index (κ3) is 6.47. The number of aryl methyl sites for hydroxylation is 2. The molecule has 0 amide bonds. The van der Waals surface area contributed by atoms with Crippen molar-refractivity contribution in [3.8, 4) is 5.75 Å². The Balaban J connectivity index is 0.00000312. The Labute approximate surface area is 169 Å². The van der Waals surface area contributed by atoms with E-state index >= 15 is 0 Å². The Bertz CT molecular complexity index is 711. The van der Waals surface area contributed by atoms with E-state index in [1.54, 1.807) is 6.07 Å². The Morgan fingerprint density at radius 3 is 2.48 bits per heavy atom. The van der Waals surface area contributed by atoms with Gasteiger partial charge in [0.25, 0.3) is 0 Å². The molecule has 25 heavy (non-hydrogen) atoms. The summed E-state index contributed by atoms with van der Waals surface area (Å²) in [5.74, 6) is 1.49. The molecule has 0 bridgehead atoms. The minimum atomic E-state index is 0. The second-order valence-corrected chi connectivity index (χ2v) is 8.04. The van der Waals surface area contributed by atoms with Gasteiger partial charge in [0.15, 0.2) is 5.52 Å². The van der Waals surface area contributed by atoms with E-state index in [0.717, 1.165) is 35.2 Å². The van der Waals surface area contributed by atoms with Crippen LogP contribution in [0.5, 0.6) is 5.75 Å². The molecule has 0 saturated heterocycles. The van der Waals surface area contributed by atoms with Crippen LogP contribution in [-0.4, -0.2) is 31.0 Å². The van der Waals surface area contributed by atoms with Gasteiger partial charge in [0.1, 0.15) is 5.75 Å². The molecule has 2 aromatic carbocycles. The first kappa shape index (κ1) is 22.3. The second kappa shape index (κ2) is 10.4. The normalized spacial score (nSPS) is 11.0. The SMILES string of the molecule is Cc1cc(OCCC(C)C)ccc1PC(=O)c1c(C)cccc1Cl.[LiH]. The summed E-state index contributed by atoms with van der Waals surface area (Å²) in [7, 11) is 0.0631. The zero-order valence-electron chi connectivity index (χ0n) is 14.7. The van der Waals surface area contributed by atoms with Gasteiger partial charge in [0.2, 0.25) is 0 Å². The fourth-order valence-electron chi connectivity index (χ4n) is 2.38. The molecule has 0 aliphatic heterocycles. The number of rotatable bonds is 7. The van der Waals surface area contributed by atoms with Crippen LogP contribution in [0.1, 0.15) is 41.8 Å². The van der Waals surface area contributed by atoms with Gasteiger partial charge in [-0.05, 0) is 69.4 Å². The molecule has 2 nitrogen and oxygen atoms in total. The van der Waals surface area contributed by atoms with Crippen molar-refractivity contribution >= 4 is 49.9 Å². The summed E-state index contributed by atoms with van der Waals surface area (Å²) in [5.41, 5.74) is 2.71. The Hall–Kier alpha value is -0.773. The van der Waals surface area contributed by atoms with Crippen molar-refractivity contribution < 1.29 is 9.53 Å². The van der Waals surface area contributed by atoms with Crippen LogP contribution < -0.4 is 10.0 Å². The van der Waals surface area contributed by atoms with Gasteiger partial charge in [-0.1, -0.05) is 43.6 Å². The number of hydrogen-bond acceptors (Lipinski definition) is 2. The summed E-state index contributed by atoms with van der Waals surface area (Å²) in [6.07, 6.45) is 1.03. The van der Waals surface area contributed by atoms with Gasteiger partial charge in [-0.15, -0.1) is 0 Å². The molecular weight excluding hydrogens is 346 g/mol. The van der Waals surface area contributed by atoms with Gasteiger partial charge in [-0.25, -0.2) is 0 Å². The van der Waals surface area contributed by atoms with Crippen molar-refractivity contribution in [3.63, 3.8) is 0 Å². The van der Waals surface area contributed by atoms with E-state index in [2.05, 4.69) is 13.8 Å². The van der Waals surface area contributed by atoms with Gasteiger partial charge in [-0.2, -0.15) is 0 Å². The van der Waals surface area contributed by atoms with E-state index in [1.165, 1.54) is 0 Å². The van der Waals surface area contributed by atoms with Gasteiger partial charge in [-0.3, -0.25) is 4.79 Å². The zero-order chi connectivity index (χ0) is 17.7. The van der Waals surface area contributed by atoms with Crippen LogP contribution in [0.25, 0.3) is 0 Å². The molecule has 1 unspecified atom stereocenters. The van der Waals surface area contributed by atoms with E-state index in [0.29, 0.717) is 16.5 Å². The Morgan fingerprint density at radius 1 is 1.16 bits per heavy atom. The first-order valence-corrected chi connectivity index (χ1v) is 9.56. The predicted molar refractivity (Wildman–Crippen MR) is 112 cm³/mol. The van der Waals surface area contributed by atoms with Crippen molar-refractivity contribution in [2.75, 3.05) is 6.61 Å². The summed E-state index contributed by atoms with van der Waals surface area (Å²) < 4.78 is 5.78. The first-order valence-electron chi connectivity index (χ1n) is 8.18. The molecule has 1 atom stereocenters. The quantitative estimate of drug-likeness (QED) is 0.513. The molecule has 2 aromatic rings. The maximum atomic E-state index is 12.6. The predicted octanol–water partition coefficient (Wildman–Crippen LogP) is 4.88. The van der Waals surface area contributed by atoms with Crippen molar-refractivity contribution in [1.82, 2.24) is 0 Å². The molecule has 0 aliphatic carbocycles. The van der Waals surface area contributed by atoms with Crippen LogP contribution in [0.15, 0.2) is 36.4 Å². The van der Waals surface area contributed by atoms with Crippen molar-refractivity contribution in [2.45, 2.75) is 34.1 Å². The van der Waals surface area contributed by atoms with Crippen LogP contribution in [0.2, 0.25) is 5.02 Å². The molecule has 5 heteroatoms. The molecule has 0 saturated carbocycles. The van der Waals surface area contributed by atoms with E-state index in [9.17, 15) is 4.79 Å². The maximum absolute atomic E-state index is 12.6. The summed E-state index contributed by atoms with van der Waals surface area (Å²) in [5, 5.41) is 1.56. The molecular formula is C20H25ClLiO2P. The van der Waals surface area contributed by atoms with Crippen molar-refractivity contribution in [2.24, 2.45) is 5.92 Å². The van der Waals surface area contributed by atoms with Crippen LogP contribution in [-0.2, 0) is 0 Å². The molecule has 0 fully saturated rings. The summed E-state index contributed by atoms with van der Waals surface area (Å²) in [4.78, 5) is 12.6. The number of hydrogen-bond donors (Lipinski definition) is 0. The number of ether oxygens (including phenoxy) is 1. The average Bonchev–Trinajstić information content (AvgIpc) is 2.49. The Morgan fingerprint density at radius 2 is 1.88 bits per heavy atom. The molecule has 0 heterocycles. The molecule has 0 N–H and O–H groups in total. The Kier molecular flexibility index (Phi) is 9.26. The number of carbonyl (C=O) groups is 1. The van der Waals surface area contributed by atoms with Crippen molar-refractivity contribution in [1.29, 1.82) is 0 Å². The van der Waals surface area contributed by atoms with Crippen LogP contribution >= 0.6 is 20.2 Å². The molecule has 0 spiro atoms. The molecule has 130 valence electrons. The van der Waals surface area contributed by atoms with E-state index in [-0.39, 0.29) is 33.0 Å². The summed E-state index contributed by atoms with van der Waals surface area (Å²) in [6, 6.07) is 11.5. The topological polar surface area (TPSA) is 26.3 Å².